The third-order valence-electron chi connectivity index (χ3n) is 2.15. The van der Waals surface area contributed by atoms with Gasteiger partial charge in [-0.15, -0.1) is 0 Å². The second kappa shape index (κ2) is 3.03. The normalized spacial score (nSPS) is 26.2. The maximum Gasteiger partial charge on any atom is 0.173 e. The topological polar surface area (TPSA) is 32.7 Å². The Labute approximate surface area is 81.2 Å². The summed E-state index contributed by atoms with van der Waals surface area (Å²) in [6.07, 6.45) is 4.56. The molecule has 1 unspecified atom stereocenters. The Bertz CT molecular complexity index is 344. The van der Waals surface area contributed by atoms with Crippen LogP contribution in [0, 0.1) is 0 Å². The summed E-state index contributed by atoms with van der Waals surface area (Å²) in [5.41, 5.74) is 0.732. The summed E-state index contributed by atoms with van der Waals surface area (Å²) in [6.45, 7) is 4.05. The molecule has 0 radical (unpaired) electrons. The Balaban J connectivity index is 2.34. The Morgan fingerprint density at radius 3 is 3.15 bits per heavy atom. The second-order valence-corrected chi connectivity index (χ2v) is 4.30. The zero-order chi connectivity index (χ0) is 9.42. The molecule has 3 nitrogen and oxygen atoms in total. The molecule has 0 amide bonds. The zero-order valence-corrected chi connectivity index (χ0v) is 8.34. The van der Waals surface area contributed by atoms with Crippen molar-refractivity contribution in [2.75, 3.05) is 0 Å². The van der Waals surface area contributed by atoms with E-state index in [-0.39, 0.29) is 6.04 Å². The predicted octanol–water partition coefficient (Wildman–Crippen LogP) is 1.74. The van der Waals surface area contributed by atoms with Crippen molar-refractivity contribution in [2.24, 2.45) is 4.99 Å². The van der Waals surface area contributed by atoms with E-state index in [9.17, 15) is 4.79 Å². The summed E-state index contributed by atoms with van der Waals surface area (Å²) in [5.74, 6) is 0. The van der Waals surface area contributed by atoms with E-state index >= 15 is 0 Å². The molecule has 2 aliphatic rings. The summed E-state index contributed by atoms with van der Waals surface area (Å²) in [6, 6.07) is 0.120. The Morgan fingerprint density at radius 1 is 1.69 bits per heavy atom. The average molecular weight is 194 g/mol. The number of amidine groups is 1. The first-order chi connectivity index (χ1) is 6.22. The summed E-state index contributed by atoms with van der Waals surface area (Å²) < 4.78 is 0. The van der Waals surface area contributed by atoms with Gasteiger partial charge in [0.2, 0.25) is 0 Å². The maximum atomic E-state index is 10.6. The number of hydrogen-bond acceptors (Lipinski definition) is 4. The third kappa shape index (κ3) is 1.31. The molecule has 0 fully saturated rings. The van der Waals surface area contributed by atoms with Crippen molar-refractivity contribution in [3.63, 3.8) is 0 Å². The van der Waals surface area contributed by atoms with Gasteiger partial charge in [0.05, 0.1) is 6.04 Å². The van der Waals surface area contributed by atoms with E-state index in [1.54, 1.807) is 18.0 Å². The number of aldehydes is 1. The monoisotopic (exact) mass is 194 g/mol. The lowest BCUT2D eigenvalue weighted by Gasteiger charge is -2.26. The number of carbonyl (C=O) groups excluding carboxylic acids is 1. The third-order valence-corrected chi connectivity index (χ3v) is 3.08. The number of allylic oxidation sites excluding steroid dienone is 1. The zero-order valence-electron chi connectivity index (χ0n) is 7.52. The van der Waals surface area contributed by atoms with E-state index in [2.05, 4.69) is 4.99 Å². The van der Waals surface area contributed by atoms with Gasteiger partial charge in [0.1, 0.15) is 6.29 Å². The molecule has 1 atom stereocenters. The van der Waals surface area contributed by atoms with Crippen molar-refractivity contribution >= 4 is 23.2 Å². The van der Waals surface area contributed by atoms with Gasteiger partial charge in [-0.1, -0.05) is 11.8 Å². The molecule has 0 N–H and O–H groups in total. The molecule has 0 aromatic rings. The Kier molecular flexibility index (Phi) is 2.00. The van der Waals surface area contributed by atoms with Crippen LogP contribution >= 0.6 is 11.8 Å². The molecule has 2 aliphatic heterocycles. The van der Waals surface area contributed by atoms with Gasteiger partial charge in [-0.25, -0.2) is 4.99 Å². The highest BCUT2D eigenvalue weighted by molar-refractivity contribution is 8.17. The molecule has 68 valence electrons. The van der Waals surface area contributed by atoms with E-state index < -0.39 is 0 Å². The second-order valence-electron chi connectivity index (χ2n) is 3.08. The minimum absolute atomic E-state index is 0.120. The van der Waals surface area contributed by atoms with Gasteiger partial charge in [0, 0.05) is 22.9 Å². The van der Waals surface area contributed by atoms with Gasteiger partial charge >= 0.3 is 0 Å². The van der Waals surface area contributed by atoms with Crippen LogP contribution in [0.2, 0.25) is 0 Å². The highest BCUT2D eigenvalue weighted by Crippen LogP contribution is 2.32. The molecule has 0 aromatic carbocycles. The minimum atomic E-state index is 0.120. The first-order valence-corrected chi connectivity index (χ1v) is 4.91. The van der Waals surface area contributed by atoms with Crippen molar-refractivity contribution in [1.82, 2.24) is 4.90 Å². The van der Waals surface area contributed by atoms with Crippen LogP contribution in [0.15, 0.2) is 27.9 Å². The fourth-order valence-electron chi connectivity index (χ4n) is 1.37. The lowest BCUT2D eigenvalue weighted by atomic mass is 10.1. The first kappa shape index (κ1) is 8.56. The van der Waals surface area contributed by atoms with Crippen molar-refractivity contribution in [1.29, 1.82) is 0 Å². The molecule has 0 aromatic heterocycles. The van der Waals surface area contributed by atoms with Crippen LogP contribution in [0.1, 0.15) is 13.8 Å². The van der Waals surface area contributed by atoms with Gasteiger partial charge in [-0.05, 0) is 13.8 Å². The maximum absolute atomic E-state index is 10.6. The highest BCUT2D eigenvalue weighted by Gasteiger charge is 2.27. The smallest absolute Gasteiger partial charge is 0.173 e. The van der Waals surface area contributed by atoms with E-state index in [1.807, 2.05) is 24.9 Å². The van der Waals surface area contributed by atoms with Crippen LogP contribution in [0.5, 0.6) is 0 Å². The van der Waals surface area contributed by atoms with E-state index in [1.165, 1.54) is 4.91 Å². The summed E-state index contributed by atoms with van der Waals surface area (Å²) in [4.78, 5) is 18.1. The predicted molar refractivity (Wildman–Crippen MR) is 54.2 cm³/mol. The summed E-state index contributed by atoms with van der Waals surface area (Å²) in [5, 5.41) is 0.968. The SMILES string of the molecule is CC1=CN2C(=NC=C(C=O)C2C)S1. The number of thioether (sulfide) groups is 1. The van der Waals surface area contributed by atoms with Crippen molar-refractivity contribution in [3.8, 4) is 0 Å². The number of hydrogen-bond donors (Lipinski definition) is 0. The fraction of sp³-hybridized carbons (Fsp3) is 0.333. The van der Waals surface area contributed by atoms with Gasteiger partial charge in [0.25, 0.3) is 0 Å². The van der Waals surface area contributed by atoms with Crippen LogP contribution < -0.4 is 0 Å². The van der Waals surface area contributed by atoms with Crippen LogP contribution in [0.4, 0.5) is 0 Å². The molecule has 0 bridgehead atoms. The van der Waals surface area contributed by atoms with E-state index in [0.717, 1.165) is 17.0 Å². The molecular weight excluding hydrogens is 184 g/mol. The largest absolute Gasteiger partial charge is 0.319 e. The van der Waals surface area contributed by atoms with Crippen molar-refractivity contribution in [2.45, 2.75) is 19.9 Å². The lowest BCUT2D eigenvalue weighted by molar-refractivity contribution is -0.105. The minimum Gasteiger partial charge on any atom is -0.319 e. The lowest BCUT2D eigenvalue weighted by Crippen LogP contribution is -2.34. The molecular formula is C9H10N2OS. The molecule has 4 heteroatoms. The Morgan fingerprint density at radius 2 is 2.46 bits per heavy atom. The standard InChI is InChI=1S/C9H10N2OS/c1-6-4-11-7(2)8(5-12)3-10-9(11)13-6/h3-5,7H,1-2H3. The summed E-state index contributed by atoms with van der Waals surface area (Å²) >= 11 is 1.64. The van der Waals surface area contributed by atoms with Crippen LogP contribution in [0.25, 0.3) is 0 Å². The molecule has 0 saturated heterocycles. The molecule has 0 spiro atoms. The number of aliphatic imine (C=N–C) groups is 1. The van der Waals surface area contributed by atoms with Crippen LogP contribution in [0.3, 0.4) is 0 Å². The number of fused-ring (bicyclic) bond motifs is 1. The Hall–Kier alpha value is -1.03. The van der Waals surface area contributed by atoms with Crippen molar-refractivity contribution in [3.05, 3.63) is 22.9 Å². The van der Waals surface area contributed by atoms with Crippen molar-refractivity contribution < 1.29 is 4.79 Å². The first-order valence-electron chi connectivity index (χ1n) is 4.10. The average Bonchev–Trinajstić information content (AvgIpc) is 2.47. The molecule has 13 heavy (non-hydrogen) atoms. The molecule has 0 aliphatic carbocycles. The van der Waals surface area contributed by atoms with Gasteiger partial charge < -0.3 is 4.90 Å². The van der Waals surface area contributed by atoms with Crippen LogP contribution in [-0.4, -0.2) is 22.4 Å². The number of nitrogens with zero attached hydrogens (tertiary/aromatic N) is 2. The molecule has 0 saturated carbocycles. The molecule has 2 rings (SSSR count). The molecule has 2 heterocycles. The summed E-state index contributed by atoms with van der Waals surface area (Å²) in [7, 11) is 0. The number of rotatable bonds is 1. The quantitative estimate of drug-likeness (QED) is 0.596. The van der Waals surface area contributed by atoms with Crippen LogP contribution in [-0.2, 0) is 4.79 Å². The highest BCUT2D eigenvalue weighted by atomic mass is 32.2. The fourth-order valence-corrected chi connectivity index (χ4v) is 2.25. The number of carbonyl (C=O) groups is 1. The van der Waals surface area contributed by atoms with Gasteiger partial charge in [-0.3, -0.25) is 4.79 Å². The van der Waals surface area contributed by atoms with E-state index in [4.69, 9.17) is 0 Å². The van der Waals surface area contributed by atoms with E-state index in [0.29, 0.717) is 0 Å². The van der Waals surface area contributed by atoms with Gasteiger partial charge in [-0.2, -0.15) is 0 Å². The van der Waals surface area contributed by atoms with Gasteiger partial charge in [0.15, 0.2) is 5.17 Å².